The van der Waals surface area contributed by atoms with Crippen molar-refractivity contribution in [2.45, 2.75) is 77.1 Å². The maximum absolute atomic E-state index is 13.3. The first kappa shape index (κ1) is 20.8. The van der Waals surface area contributed by atoms with Gasteiger partial charge in [0.05, 0.1) is 18.6 Å². The van der Waals surface area contributed by atoms with Crippen LogP contribution in [0.2, 0.25) is 0 Å². The molecule has 4 rings (SSSR count). The lowest BCUT2D eigenvalue weighted by atomic mass is 9.70. The summed E-state index contributed by atoms with van der Waals surface area (Å²) in [4.78, 5) is 26.1. The number of rotatable bonds is 1. The molecule has 0 bridgehead atoms. The number of ketones is 1. The van der Waals surface area contributed by atoms with Gasteiger partial charge in [0, 0.05) is 11.8 Å². The number of aliphatic hydroxyl groups excluding tert-OH is 2. The molecule has 29 heavy (non-hydrogen) atoms. The highest BCUT2D eigenvalue weighted by Gasteiger charge is 2.49. The van der Waals surface area contributed by atoms with Gasteiger partial charge in [0.2, 0.25) is 0 Å². The number of Topliss-reactive ketones (excluding diaryl/α,β-unsaturated/α-hetero) is 1. The van der Waals surface area contributed by atoms with Gasteiger partial charge in [-0.3, -0.25) is 9.59 Å². The number of allylic oxidation sites excluding steroid dienone is 4. The summed E-state index contributed by atoms with van der Waals surface area (Å²) in [5.41, 5.74) is 0.698. The summed E-state index contributed by atoms with van der Waals surface area (Å²) < 4.78 is 5.74. The molecule has 5 heteroatoms. The lowest BCUT2D eigenvalue weighted by Gasteiger charge is -2.34. The van der Waals surface area contributed by atoms with Crippen LogP contribution in [0, 0.1) is 35.5 Å². The number of fused-ring (bicyclic) bond motifs is 5. The highest BCUT2D eigenvalue weighted by molar-refractivity contribution is 5.99. The maximum atomic E-state index is 13.3. The van der Waals surface area contributed by atoms with Crippen LogP contribution in [0.15, 0.2) is 23.8 Å². The molecular weight excluding hydrogens is 368 g/mol. The first-order chi connectivity index (χ1) is 13.9. The van der Waals surface area contributed by atoms with E-state index in [-0.39, 0.29) is 48.1 Å². The third-order valence-electron chi connectivity index (χ3n) is 7.84. The summed E-state index contributed by atoms with van der Waals surface area (Å²) in [6.07, 6.45) is 9.87. The summed E-state index contributed by atoms with van der Waals surface area (Å²) in [5, 5.41) is 20.8. The molecule has 1 heterocycles. The van der Waals surface area contributed by atoms with Crippen LogP contribution in [0.1, 0.15) is 58.8 Å². The minimum Gasteiger partial charge on any atom is -0.462 e. The molecule has 160 valence electrons. The van der Waals surface area contributed by atoms with Gasteiger partial charge in [-0.2, -0.15) is 0 Å². The number of carbonyl (C=O) groups is 2. The average Bonchev–Trinajstić information content (AvgIpc) is 3.24. The summed E-state index contributed by atoms with van der Waals surface area (Å²) in [5.74, 6) is 0.0330. The number of cyclic esters (lactones) is 1. The molecule has 0 aromatic carbocycles. The number of carbonyl (C=O) groups excluding carboxylic acids is 2. The van der Waals surface area contributed by atoms with Crippen molar-refractivity contribution in [3.8, 4) is 0 Å². The van der Waals surface area contributed by atoms with Crippen LogP contribution in [0.4, 0.5) is 0 Å². The second kappa shape index (κ2) is 8.35. The highest BCUT2D eigenvalue weighted by atomic mass is 16.5. The minimum atomic E-state index is -0.670. The van der Waals surface area contributed by atoms with E-state index >= 15 is 0 Å². The maximum Gasteiger partial charge on any atom is 0.306 e. The Bertz CT molecular complexity index is 710. The molecule has 2 fully saturated rings. The van der Waals surface area contributed by atoms with E-state index in [0.717, 1.165) is 32.1 Å². The number of ether oxygens (including phenoxy) is 1. The van der Waals surface area contributed by atoms with E-state index in [1.807, 2.05) is 13.8 Å². The second-order valence-electron chi connectivity index (χ2n) is 9.60. The first-order valence-electron chi connectivity index (χ1n) is 11.4. The van der Waals surface area contributed by atoms with Gasteiger partial charge >= 0.3 is 5.97 Å². The minimum absolute atomic E-state index is 0.0270. The zero-order valence-electron chi connectivity index (χ0n) is 17.5. The zero-order valence-corrected chi connectivity index (χ0v) is 17.5. The molecule has 1 aliphatic heterocycles. The number of esters is 1. The van der Waals surface area contributed by atoms with Crippen LogP contribution in [-0.4, -0.2) is 40.3 Å². The van der Waals surface area contributed by atoms with Crippen molar-refractivity contribution < 1.29 is 24.5 Å². The van der Waals surface area contributed by atoms with Crippen LogP contribution >= 0.6 is 0 Å². The lowest BCUT2D eigenvalue weighted by molar-refractivity contribution is -0.151. The van der Waals surface area contributed by atoms with Gasteiger partial charge < -0.3 is 14.9 Å². The Hall–Kier alpha value is -1.46. The van der Waals surface area contributed by atoms with Crippen molar-refractivity contribution in [3.05, 3.63) is 23.8 Å². The lowest BCUT2D eigenvalue weighted by Crippen LogP contribution is -2.33. The molecule has 0 unspecified atom stereocenters. The molecule has 1 saturated heterocycles. The Kier molecular flexibility index (Phi) is 5.99. The van der Waals surface area contributed by atoms with Crippen molar-refractivity contribution in [2.24, 2.45) is 35.5 Å². The molecule has 0 aromatic heterocycles. The van der Waals surface area contributed by atoms with Crippen molar-refractivity contribution in [1.82, 2.24) is 0 Å². The Morgan fingerprint density at radius 3 is 2.66 bits per heavy atom. The van der Waals surface area contributed by atoms with Crippen molar-refractivity contribution in [3.63, 3.8) is 0 Å². The fourth-order valence-corrected chi connectivity index (χ4v) is 6.11. The molecule has 3 aliphatic carbocycles. The number of hydrogen-bond acceptors (Lipinski definition) is 5. The van der Waals surface area contributed by atoms with E-state index in [1.54, 1.807) is 0 Å². The second-order valence-corrected chi connectivity index (χ2v) is 9.60. The predicted octanol–water partition coefficient (Wildman–Crippen LogP) is 3.19. The largest absolute Gasteiger partial charge is 0.462 e. The van der Waals surface area contributed by atoms with Gasteiger partial charge in [-0.1, -0.05) is 32.1 Å². The Morgan fingerprint density at radius 2 is 1.90 bits per heavy atom. The van der Waals surface area contributed by atoms with E-state index < -0.39 is 12.0 Å². The number of aliphatic hydroxyl groups is 2. The summed E-state index contributed by atoms with van der Waals surface area (Å²) >= 11 is 0. The molecule has 5 nitrogen and oxygen atoms in total. The van der Waals surface area contributed by atoms with Crippen molar-refractivity contribution in [1.29, 1.82) is 0 Å². The van der Waals surface area contributed by atoms with Gasteiger partial charge in [-0.25, -0.2) is 0 Å². The molecule has 4 aliphatic rings. The molecule has 0 radical (unpaired) electrons. The van der Waals surface area contributed by atoms with Gasteiger partial charge in [0.15, 0.2) is 5.78 Å². The third kappa shape index (κ3) is 3.96. The molecule has 0 spiro atoms. The van der Waals surface area contributed by atoms with Gasteiger partial charge in [0.1, 0.15) is 6.10 Å². The van der Waals surface area contributed by atoms with E-state index in [9.17, 15) is 19.8 Å². The Labute approximate surface area is 173 Å². The van der Waals surface area contributed by atoms with E-state index in [1.165, 1.54) is 0 Å². The average molecular weight is 403 g/mol. The molecular formula is C24H34O5. The Morgan fingerprint density at radius 1 is 1.10 bits per heavy atom. The molecule has 0 amide bonds. The van der Waals surface area contributed by atoms with Crippen LogP contribution in [0.25, 0.3) is 0 Å². The van der Waals surface area contributed by atoms with Crippen LogP contribution in [0.3, 0.4) is 0 Å². The normalized spacial score (nSPS) is 45.4. The smallest absolute Gasteiger partial charge is 0.306 e. The first-order valence-corrected chi connectivity index (χ1v) is 11.4. The van der Waals surface area contributed by atoms with Crippen LogP contribution in [-0.2, 0) is 14.3 Å². The van der Waals surface area contributed by atoms with Gasteiger partial charge in [-0.05, 0) is 67.8 Å². The van der Waals surface area contributed by atoms with E-state index in [4.69, 9.17) is 4.74 Å². The quantitative estimate of drug-likeness (QED) is 0.520. The highest BCUT2D eigenvalue weighted by Crippen LogP contribution is 2.53. The van der Waals surface area contributed by atoms with Gasteiger partial charge in [-0.15, -0.1) is 0 Å². The Balaban J connectivity index is 1.65. The van der Waals surface area contributed by atoms with Crippen molar-refractivity contribution >= 4 is 11.8 Å². The van der Waals surface area contributed by atoms with Crippen LogP contribution in [0.5, 0.6) is 0 Å². The summed E-state index contributed by atoms with van der Waals surface area (Å²) in [7, 11) is 0. The zero-order chi connectivity index (χ0) is 20.7. The molecule has 0 aromatic rings. The SMILES string of the molecule is CC[C@H]1CCC[C@@H](O)[C@@H](C)C(=O)C2=C[C@@H]3[C@@H](C=C[C@@H]4C[C@@H](O)C[C@@H]34)[C@@H]2CC(=O)O1. The van der Waals surface area contributed by atoms with E-state index in [2.05, 4.69) is 18.2 Å². The standard InChI is InChI=1S/C24H34O5/c1-3-16-5-4-6-22(26)13(2)24(28)21-11-19-17(20(21)12-23(27)29-16)8-7-14-9-15(25)10-18(14)19/h7-8,11,13-20,22,25-26H,3-6,9-10,12H2,1-2H3/t13-,14-,15-,16+,17-,18-,19-,20+,22-/m1/s1. The van der Waals surface area contributed by atoms with E-state index in [0.29, 0.717) is 23.8 Å². The van der Waals surface area contributed by atoms with Crippen LogP contribution < -0.4 is 0 Å². The summed E-state index contributed by atoms with van der Waals surface area (Å²) in [6, 6.07) is 0. The molecule has 1 saturated carbocycles. The third-order valence-corrected chi connectivity index (χ3v) is 7.84. The molecule has 9 atom stereocenters. The summed E-state index contributed by atoms with van der Waals surface area (Å²) in [6.45, 7) is 3.82. The monoisotopic (exact) mass is 402 g/mol. The number of hydrogen-bond donors (Lipinski definition) is 2. The van der Waals surface area contributed by atoms with Crippen molar-refractivity contribution in [2.75, 3.05) is 0 Å². The molecule has 2 N–H and O–H groups in total. The predicted molar refractivity (Wildman–Crippen MR) is 109 cm³/mol. The fourth-order valence-electron chi connectivity index (χ4n) is 6.11. The topological polar surface area (TPSA) is 83.8 Å². The van der Waals surface area contributed by atoms with Gasteiger partial charge in [0.25, 0.3) is 0 Å². The fraction of sp³-hybridized carbons (Fsp3) is 0.750.